The zero-order valence-electron chi connectivity index (χ0n) is 15.2. The van der Waals surface area contributed by atoms with Gasteiger partial charge in [-0.05, 0) is 43.6 Å². The normalized spacial score (nSPS) is 16.1. The van der Waals surface area contributed by atoms with Crippen LogP contribution in [0.5, 0.6) is 5.75 Å². The Morgan fingerprint density at radius 2 is 2.00 bits per heavy atom. The molecule has 2 aromatic rings. The molecule has 1 fully saturated rings. The van der Waals surface area contributed by atoms with Gasteiger partial charge in [0, 0.05) is 7.11 Å². The Morgan fingerprint density at radius 3 is 2.73 bits per heavy atom. The van der Waals surface area contributed by atoms with Crippen LogP contribution < -0.4 is 10.1 Å². The van der Waals surface area contributed by atoms with Crippen LogP contribution in [0.4, 0.5) is 0 Å². The van der Waals surface area contributed by atoms with Crippen LogP contribution in [-0.2, 0) is 28.1 Å². The Balaban J connectivity index is 0.00000243. The lowest BCUT2D eigenvalue weighted by Gasteiger charge is -2.33. The van der Waals surface area contributed by atoms with Crippen LogP contribution in [-0.4, -0.2) is 44.1 Å². The van der Waals surface area contributed by atoms with Crippen LogP contribution >= 0.6 is 12.4 Å². The molecule has 1 N–H and O–H groups in total. The molecule has 2 heterocycles. The smallest absolute Gasteiger partial charge is 0.235 e. The minimum atomic E-state index is -0.196. The summed E-state index contributed by atoms with van der Waals surface area (Å²) in [4.78, 5) is 4.55. The number of hydrogen-bond donors (Lipinski definition) is 1. The molecule has 26 heavy (non-hydrogen) atoms. The number of halogens is 1. The van der Waals surface area contributed by atoms with Crippen molar-refractivity contribution in [3.05, 3.63) is 41.5 Å². The van der Waals surface area contributed by atoms with Crippen LogP contribution in [0, 0.1) is 0 Å². The Morgan fingerprint density at radius 1 is 1.19 bits per heavy atom. The van der Waals surface area contributed by atoms with E-state index in [0.717, 1.165) is 37.2 Å². The molecule has 1 aliphatic rings. The zero-order valence-corrected chi connectivity index (χ0v) is 16.0. The van der Waals surface area contributed by atoms with E-state index in [-0.39, 0.29) is 17.8 Å². The molecular formula is C18H26ClN3O4. The molecule has 7 nitrogen and oxygen atoms in total. The number of methoxy groups -OCH3 is 2. The summed E-state index contributed by atoms with van der Waals surface area (Å²) < 4.78 is 21.9. The maximum atomic E-state index is 5.71. The third kappa shape index (κ3) is 4.94. The van der Waals surface area contributed by atoms with Crippen LogP contribution in [0.2, 0.25) is 0 Å². The van der Waals surface area contributed by atoms with Crippen molar-refractivity contribution in [2.24, 2.45) is 0 Å². The van der Waals surface area contributed by atoms with E-state index in [0.29, 0.717) is 31.5 Å². The quantitative estimate of drug-likeness (QED) is 0.750. The number of ether oxygens (including phenoxy) is 3. The molecule has 1 aromatic heterocycles. The fourth-order valence-electron chi connectivity index (χ4n) is 3.15. The molecule has 0 saturated carbocycles. The largest absolute Gasteiger partial charge is 0.497 e. The number of nitrogens with one attached hydrogen (secondary N) is 1. The second-order valence-electron chi connectivity index (χ2n) is 6.32. The van der Waals surface area contributed by atoms with Gasteiger partial charge in [0.05, 0.1) is 25.7 Å². The maximum absolute atomic E-state index is 5.71. The van der Waals surface area contributed by atoms with Crippen molar-refractivity contribution < 1.29 is 18.7 Å². The van der Waals surface area contributed by atoms with Crippen LogP contribution in [0.1, 0.15) is 30.1 Å². The summed E-state index contributed by atoms with van der Waals surface area (Å²) in [6.07, 6.45) is 1.85. The summed E-state index contributed by atoms with van der Waals surface area (Å²) >= 11 is 0. The molecule has 0 radical (unpaired) electrons. The molecule has 0 bridgehead atoms. The van der Waals surface area contributed by atoms with Crippen molar-refractivity contribution in [2.45, 2.75) is 31.5 Å². The molecular weight excluding hydrogens is 358 g/mol. The molecule has 0 amide bonds. The Kier molecular flexibility index (Phi) is 7.84. The lowest BCUT2D eigenvalue weighted by Crippen LogP contribution is -2.43. The average molecular weight is 384 g/mol. The molecule has 3 rings (SSSR count). The molecule has 1 aromatic carbocycles. The SMILES string of the molecule is COCC1(c2nc(COCc3cccc(OC)c3)no2)CCNCC1.Cl. The van der Waals surface area contributed by atoms with Crippen molar-refractivity contribution in [2.75, 3.05) is 33.9 Å². The third-order valence-corrected chi connectivity index (χ3v) is 4.54. The van der Waals surface area contributed by atoms with Gasteiger partial charge >= 0.3 is 0 Å². The van der Waals surface area contributed by atoms with Gasteiger partial charge in [-0.1, -0.05) is 17.3 Å². The van der Waals surface area contributed by atoms with Crippen molar-refractivity contribution in [1.29, 1.82) is 0 Å². The third-order valence-electron chi connectivity index (χ3n) is 4.54. The molecule has 0 aliphatic carbocycles. The van der Waals surface area contributed by atoms with Gasteiger partial charge in [-0.15, -0.1) is 12.4 Å². The minimum absolute atomic E-state index is 0. The first-order chi connectivity index (χ1) is 12.3. The molecule has 0 spiro atoms. The molecule has 1 aliphatic heterocycles. The van der Waals surface area contributed by atoms with Crippen LogP contribution in [0.15, 0.2) is 28.8 Å². The second-order valence-corrected chi connectivity index (χ2v) is 6.32. The number of benzene rings is 1. The predicted molar refractivity (Wildman–Crippen MR) is 98.7 cm³/mol. The van der Waals surface area contributed by atoms with E-state index >= 15 is 0 Å². The van der Waals surface area contributed by atoms with Crippen molar-refractivity contribution in [1.82, 2.24) is 15.5 Å². The topological polar surface area (TPSA) is 78.6 Å². The second kappa shape index (κ2) is 9.87. The van der Waals surface area contributed by atoms with Crippen molar-refractivity contribution >= 4 is 12.4 Å². The minimum Gasteiger partial charge on any atom is -0.497 e. The predicted octanol–water partition coefficient (Wildman–Crippen LogP) is 2.48. The zero-order chi connectivity index (χ0) is 17.5. The van der Waals surface area contributed by atoms with E-state index in [1.807, 2.05) is 24.3 Å². The lowest BCUT2D eigenvalue weighted by molar-refractivity contribution is 0.0847. The monoisotopic (exact) mass is 383 g/mol. The Hall–Kier alpha value is -1.67. The van der Waals surface area contributed by atoms with E-state index in [1.54, 1.807) is 14.2 Å². The van der Waals surface area contributed by atoms with Gasteiger partial charge in [0.1, 0.15) is 12.4 Å². The van der Waals surface area contributed by atoms with Crippen molar-refractivity contribution in [3.8, 4) is 5.75 Å². The van der Waals surface area contributed by atoms with E-state index in [1.165, 1.54) is 0 Å². The van der Waals surface area contributed by atoms with E-state index in [4.69, 9.17) is 18.7 Å². The fraction of sp³-hybridized carbons (Fsp3) is 0.556. The maximum Gasteiger partial charge on any atom is 0.235 e. The number of hydrogen-bond acceptors (Lipinski definition) is 7. The summed E-state index contributed by atoms with van der Waals surface area (Å²) in [6, 6.07) is 7.79. The first-order valence-electron chi connectivity index (χ1n) is 8.49. The van der Waals surface area contributed by atoms with Gasteiger partial charge in [-0.25, -0.2) is 0 Å². The number of aromatic nitrogens is 2. The Bertz CT molecular complexity index is 668. The fourth-order valence-corrected chi connectivity index (χ4v) is 3.15. The van der Waals surface area contributed by atoms with Crippen LogP contribution in [0.3, 0.4) is 0 Å². The van der Waals surface area contributed by atoms with Crippen LogP contribution in [0.25, 0.3) is 0 Å². The highest BCUT2D eigenvalue weighted by atomic mass is 35.5. The average Bonchev–Trinajstić information content (AvgIpc) is 3.13. The number of nitrogens with zero attached hydrogens (tertiary/aromatic N) is 2. The van der Waals surface area contributed by atoms with E-state index in [2.05, 4.69) is 15.5 Å². The van der Waals surface area contributed by atoms with Gasteiger partial charge in [0.15, 0.2) is 5.82 Å². The molecule has 144 valence electrons. The summed E-state index contributed by atoms with van der Waals surface area (Å²) in [5.74, 6) is 2.03. The highest BCUT2D eigenvalue weighted by molar-refractivity contribution is 5.85. The van der Waals surface area contributed by atoms with E-state index in [9.17, 15) is 0 Å². The van der Waals surface area contributed by atoms with Gasteiger partial charge < -0.3 is 24.1 Å². The van der Waals surface area contributed by atoms with Gasteiger partial charge in [0.25, 0.3) is 0 Å². The lowest BCUT2D eigenvalue weighted by atomic mass is 9.79. The van der Waals surface area contributed by atoms with E-state index < -0.39 is 0 Å². The Labute approximate surface area is 159 Å². The standard InChI is InChI=1S/C18H25N3O4.ClH/c1-22-13-18(6-8-19-9-7-18)17-20-16(21-25-17)12-24-11-14-4-3-5-15(10-14)23-2;/h3-5,10,19H,6-9,11-13H2,1-2H3;1H. The summed E-state index contributed by atoms with van der Waals surface area (Å²) in [6.45, 7) is 3.21. The molecule has 0 unspecified atom stereocenters. The van der Waals surface area contributed by atoms with Gasteiger partial charge in [-0.2, -0.15) is 4.98 Å². The molecule has 8 heteroatoms. The summed E-state index contributed by atoms with van der Waals surface area (Å²) in [5, 5.41) is 7.43. The highest BCUT2D eigenvalue weighted by Gasteiger charge is 2.39. The summed E-state index contributed by atoms with van der Waals surface area (Å²) in [7, 11) is 3.36. The first-order valence-corrected chi connectivity index (χ1v) is 8.49. The first kappa shape index (κ1) is 20.6. The number of piperidine rings is 1. The van der Waals surface area contributed by atoms with Crippen molar-refractivity contribution in [3.63, 3.8) is 0 Å². The number of rotatable bonds is 8. The van der Waals surface area contributed by atoms with Gasteiger partial charge in [0.2, 0.25) is 5.89 Å². The highest BCUT2D eigenvalue weighted by Crippen LogP contribution is 2.32. The molecule has 1 saturated heterocycles. The van der Waals surface area contributed by atoms with Gasteiger partial charge in [-0.3, -0.25) is 0 Å². The molecule has 0 atom stereocenters. The summed E-state index contributed by atoms with van der Waals surface area (Å²) in [5.41, 5.74) is 0.843.